The van der Waals surface area contributed by atoms with Crippen LogP contribution in [0.5, 0.6) is 0 Å². The number of likely N-dealkylation sites (tertiary alicyclic amines) is 1. The number of nitrogens with zero attached hydrogens (tertiary/aromatic N) is 3. The highest BCUT2D eigenvalue weighted by atomic mass is 16.1. The largest absolute Gasteiger partial charge is 0.350 e. The van der Waals surface area contributed by atoms with Gasteiger partial charge in [-0.3, -0.25) is 9.78 Å². The lowest BCUT2D eigenvalue weighted by atomic mass is 9.80. The van der Waals surface area contributed by atoms with Crippen molar-refractivity contribution in [3.05, 3.63) is 88.7 Å². The summed E-state index contributed by atoms with van der Waals surface area (Å²) in [5, 5.41) is 1.36. The summed E-state index contributed by atoms with van der Waals surface area (Å²) in [5.41, 5.74) is 6.34. The number of benzene rings is 1. The fraction of sp³-hybridized carbons (Fsp3) is 0.308. The third-order valence-corrected chi connectivity index (χ3v) is 7.18. The van der Waals surface area contributed by atoms with Crippen molar-refractivity contribution in [1.82, 2.24) is 14.1 Å². The lowest BCUT2D eigenvalue weighted by molar-refractivity contribution is -0.924. The van der Waals surface area contributed by atoms with Gasteiger partial charge in [-0.2, -0.15) is 0 Å². The number of aromatic nitrogens is 3. The minimum absolute atomic E-state index is 0.134. The predicted octanol–water partition coefficient (Wildman–Crippen LogP) is 2.60. The molecular weight excluding hydrogens is 384 g/mol. The molecule has 0 amide bonds. The van der Waals surface area contributed by atoms with Gasteiger partial charge in [-0.15, -0.1) is 0 Å². The van der Waals surface area contributed by atoms with Crippen molar-refractivity contribution >= 4 is 10.9 Å². The quantitative estimate of drug-likeness (QED) is 0.563. The zero-order valence-electron chi connectivity index (χ0n) is 17.8. The van der Waals surface area contributed by atoms with Crippen molar-refractivity contribution in [2.24, 2.45) is 13.0 Å². The third-order valence-electron chi connectivity index (χ3n) is 7.18. The Balaban J connectivity index is 1.36. The molecule has 5 heteroatoms. The van der Waals surface area contributed by atoms with Crippen LogP contribution < -0.4 is 10.5 Å². The normalized spacial score (nSPS) is 22.4. The second kappa shape index (κ2) is 7.20. The SMILES string of the molecule is Cn1cc(C[NH+]2C[C@@H]3C[C@H](C2)c2c(-c4cccnc4)ccc(=O)n2C3)c2ccccc21. The molecule has 31 heavy (non-hydrogen) atoms. The van der Waals surface area contributed by atoms with Crippen LogP contribution >= 0.6 is 0 Å². The van der Waals surface area contributed by atoms with E-state index in [1.807, 2.05) is 18.3 Å². The van der Waals surface area contributed by atoms with Crippen LogP contribution in [0.1, 0.15) is 23.6 Å². The van der Waals surface area contributed by atoms with Crippen LogP contribution in [-0.2, 0) is 20.1 Å². The Kier molecular flexibility index (Phi) is 4.32. The highest BCUT2D eigenvalue weighted by Gasteiger charge is 2.39. The predicted molar refractivity (Wildman–Crippen MR) is 122 cm³/mol. The minimum atomic E-state index is 0.134. The number of quaternary nitrogens is 1. The molecule has 1 N–H and O–H groups in total. The van der Waals surface area contributed by atoms with Gasteiger partial charge in [0.25, 0.3) is 5.56 Å². The summed E-state index contributed by atoms with van der Waals surface area (Å²) in [6.45, 7) is 4.06. The van der Waals surface area contributed by atoms with Crippen molar-refractivity contribution in [1.29, 1.82) is 0 Å². The number of fused-ring (bicyclic) bond motifs is 5. The molecule has 6 rings (SSSR count). The van der Waals surface area contributed by atoms with E-state index in [0.717, 1.165) is 31.7 Å². The van der Waals surface area contributed by atoms with E-state index in [1.165, 1.54) is 34.1 Å². The van der Waals surface area contributed by atoms with E-state index >= 15 is 0 Å². The van der Waals surface area contributed by atoms with Crippen LogP contribution in [0.2, 0.25) is 0 Å². The number of aryl methyl sites for hydroxylation is 1. The van der Waals surface area contributed by atoms with Crippen molar-refractivity contribution in [2.45, 2.75) is 25.4 Å². The first kappa shape index (κ1) is 18.6. The molecule has 5 heterocycles. The smallest absolute Gasteiger partial charge is 0.250 e. The molecule has 1 unspecified atom stereocenters. The second-order valence-corrected chi connectivity index (χ2v) is 9.24. The van der Waals surface area contributed by atoms with Gasteiger partial charge in [-0.1, -0.05) is 24.3 Å². The molecule has 1 aromatic carbocycles. The first-order valence-corrected chi connectivity index (χ1v) is 11.2. The topological polar surface area (TPSA) is 44.3 Å². The summed E-state index contributed by atoms with van der Waals surface area (Å²) < 4.78 is 4.29. The number of para-hydroxylation sites is 1. The first-order valence-electron chi connectivity index (χ1n) is 11.2. The molecule has 2 aliphatic rings. The van der Waals surface area contributed by atoms with Gasteiger partial charge in [0, 0.05) is 83.4 Å². The van der Waals surface area contributed by atoms with Crippen LogP contribution in [0.25, 0.3) is 22.0 Å². The van der Waals surface area contributed by atoms with Gasteiger partial charge in [0.15, 0.2) is 0 Å². The van der Waals surface area contributed by atoms with E-state index in [1.54, 1.807) is 17.2 Å². The maximum Gasteiger partial charge on any atom is 0.250 e. The zero-order valence-corrected chi connectivity index (χ0v) is 17.8. The number of hydrogen-bond acceptors (Lipinski definition) is 2. The molecule has 3 atom stereocenters. The Labute approximate surface area is 181 Å². The standard InChI is InChI=1S/C26H26N4O/c1-28-15-21(22-6-2-3-7-24(22)28)17-29-13-18-11-20(16-29)26-23(19-5-4-10-27-12-19)8-9-25(31)30(26)14-18/h2-10,12,15,18,20H,11,13-14,16-17H2,1H3/p+1/t18-,20+/m0/s1. The van der Waals surface area contributed by atoms with Crippen LogP contribution in [0.15, 0.2) is 71.9 Å². The molecule has 3 aromatic heterocycles. The van der Waals surface area contributed by atoms with Gasteiger partial charge in [0.05, 0.1) is 13.1 Å². The molecule has 4 aromatic rings. The first-order chi connectivity index (χ1) is 15.2. The van der Waals surface area contributed by atoms with Crippen molar-refractivity contribution in [3.8, 4) is 11.1 Å². The zero-order chi connectivity index (χ0) is 20.9. The maximum atomic E-state index is 12.7. The van der Waals surface area contributed by atoms with Gasteiger partial charge in [0.1, 0.15) is 6.54 Å². The average Bonchev–Trinajstić information content (AvgIpc) is 3.10. The summed E-state index contributed by atoms with van der Waals surface area (Å²) in [4.78, 5) is 18.7. The number of rotatable bonds is 3. The Hall–Kier alpha value is -3.18. The molecule has 0 aliphatic carbocycles. The second-order valence-electron chi connectivity index (χ2n) is 9.24. The summed E-state index contributed by atoms with van der Waals surface area (Å²) >= 11 is 0. The van der Waals surface area contributed by atoms with E-state index in [0.29, 0.717) is 11.8 Å². The van der Waals surface area contributed by atoms with Crippen LogP contribution in [-0.4, -0.2) is 27.2 Å². The summed E-state index contributed by atoms with van der Waals surface area (Å²) in [7, 11) is 2.13. The van der Waals surface area contributed by atoms with Crippen molar-refractivity contribution in [3.63, 3.8) is 0 Å². The molecule has 0 radical (unpaired) electrons. The minimum Gasteiger partial charge on any atom is -0.350 e. The molecule has 156 valence electrons. The highest BCUT2D eigenvalue weighted by Crippen LogP contribution is 2.36. The molecule has 0 spiro atoms. The van der Waals surface area contributed by atoms with Gasteiger partial charge >= 0.3 is 0 Å². The van der Waals surface area contributed by atoms with E-state index in [2.05, 4.69) is 57.7 Å². The van der Waals surface area contributed by atoms with Crippen molar-refractivity contribution < 1.29 is 4.90 Å². The fourth-order valence-electron chi connectivity index (χ4n) is 5.98. The average molecular weight is 412 g/mol. The molecule has 2 aliphatic heterocycles. The van der Waals surface area contributed by atoms with E-state index in [9.17, 15) is 4.79 Å². The Morgan fingerprint density at radius 3 is 2.87 bits per heavy atom. The number of nitrogens with one attached hydrogen (secondary N) is 1. The summed E-state index contributed by atoms with van der Waals surface area (Å²) in [6, 6.07) is 16.5. The van der Waals surface area contributed by atoms with Gasteiger partial charge in [-0.05, 0) is 24.6 Å². The number of pyridine rings is 2. The van der Waals surface area contributed by atoms with Crippen LogP contribution in [0.3, 0.4) is 0 Å². The molecule has 0 saturated carbocycles. The molecule has 2 bridgehead atoms. The number of hydrogen-bond donors (Lipinski definition) is 1. The molecule has 1 saturated heterocycles. The van der Waals surface area contributed by atoms with Gasteiger partial charge in [-0.25, -0.2) is 0 Å². The summed E-state index contributed by atoms with van der Waals surface area (Å²) in [5.74, 6) is 0.958. The Morgan fingerprint density at radius 1 is 1.10 bits per heavy atom. The Morgan fingerprint density at radius 2 is 2.00 bits per heavy atom. The lowest BCUT2D eigenvalue weighted by Gasteiger charge is -2.41. The van der Waals surface area contributed by atoms with Crippen molar-refractivity contribution in [2.75, 3.05) is 13.1 Å². The van der Waals surface area contributed by atoms with Crippen LogP contribution in [0, 0.1) is 5.92 Å². The van der Waals surface area contributed by atoms with E-state index < -0.39 is 0 Å². The molecule has 5 nitrogen and oxygen atoms in total. The van der Waals surface area contributed by atoms with E-state index in [4.69, 9.17) is 0 Å². The highest BCUT2D eigenvalue weighted by molar-refractivity contribution is 5.83. The lowest BCUT2D eigenvalue weighted by Crippen LogP contribution is -3.13. The van der Waals surface area contributed by atoms with Gasteiger partial charge < -0.3 is 14.0 Å². The van der Waals surface area contributed by atoms with Crippen LogP contribution in [0.4, 0.5) is 0 Å². The molecular formula is C26H27N4O+. The monoisotopic (exact) mass is 411 g/mol. The summed E-state index contributed by atoms with van der Waals surface area (Å²) in [6.07, 6.45) is 7.19. The van der Waals surface area contributed by atoms with E-state index in [-0.39, 0.29) is 5.56 Å². The molecule has 1 fully saturated rings. The number of piperidine rings is 1. The maximum absolute atomic E-state index is 12.7. The third kappa shape index (κ3) is 3.12. The Bertz CT molecular complexity index is 1320. The fourth-order valence-corrected chi connectivity index (χ4v) is 5.98. The van der Waals surface area contributed by atoms with Gasteiger partial charge in [0.2, 0.25) is 0 Å².